The van der Waals surface area contributed by atoms with E-state index in [-0.39, 0.29) is 6.04 Å². The topological polar surface area (TPSA) is 43.8 Å². The van der Waals surface area contributed by atoms with Crippen LogP contribution >= 0.6 is 0 Å². The molecular weight excluding hydrogens is 234 g/mol. The molecule has 1 saturated carbocycles. The summed E-state index contributed by atoms with van der Waals surface area (Å²) < 4.78 is 2.30. The van der Waals surface area contributed by atoms with E-state index in [0.717, 1.165) is 13.0 Å². The zero-order chi connectivity index (χ0) is 13.9. The number of hydrogen-bond donors (Lipinski definition) is 1. The van der Waals surface area contributed by atoms with Gasteiger partial charge in [-0.2, -0.15) is 0 Å². The predicted molar refractivity (Wildman–Crippen MR) is 79.8 cm³/mol. The summed E-state index contributed by atoms with van der Waals surface area (Å²) in [5, 5.41) is 0. The van der Waals surface area contributed by atoms with E-state index in [0.29, 0.717) is 11.3 Å². The lowest BCUT2D eigenvalue weighted by Crippen LogP contribution is -2.28. The van der Waals surface area contributed by atoms with Crippen LogP contribution in [0.2, 0.25) is 0 Å². The standard InChI is InChI=1S/C16H29N3/c1-13(2)9-14(17)15-10-18-12-19(15)11-16(3)7-5-4-6-8-16/h10,12-14H,4-9,11,17H2,1-3H3. The zero-order valence-corrected chi connectivity index (χ0v) is 12.7. The molecule has 0 radical (unpaired) electrons. The third-order valence-corrected chi connectivity index (χ3v) is 4.46. The Morgan fingerprint density at radius 3 is 2.63 bits per heavy atom. The van der Waals surface area contributed by atoms with Gasteiger partial charge in [0.25, 0.3) is 0 Å². The van der Waals surface area contributed by atoms with Crippen LogP contribution < -0.4 is 5.73 Å². The highest BCUT2D eigenvalue weighted by molar-refractivity contribution is 5.05. The molecule has 1 aromatic heterocycles. The fraction of sp³-hybridized carbons (Fsp3) is 0.812. The van der Waals surface area contributed by atoms with Crippen LogP contribution in [0, 0.1) is 11.3 Å². The summed E-state index contributed by atoms with van der Waals surface area (Å²) in [6.07, 6.45) is 11.8. The molecule has 19 heavy (non-hydrogen) atoms. The number of nitrogens with two attached hydrogens (primary N) is 1. The molecule has 1 aromatic rings. The van der Waals surface area contributed by atoms with E-state index < -0.39 is 0 Å². The second-order valence-corrected chi connectivity index (χ2v) is 7.05. The maximum Gasteiger partial charge on any atom is 0.0948 e. The van der Waals surface area contributed by atoms with Crippen LogP contribution in [0.4, 0.5) is 0 Å². The molecule has 1 aliphatic carbocycles. The van der Waals surface area contributed by atoms with Gasteiger partial charge in [0, 0.05) is 18.8 Å². The van der Waals surface area contributed by atoms with Crippen molar-refractivity contribution in [1.29, 1.82) is 0 Å². The second kappa shape index (κ2) is 6.08. The molecule has 1 unspecified atom stereocenters. The fourth-order valence-corrected chi connectivity index (χ4v) is 3.38. The first-order valence-electron chi connectivity index (χ1n) is 7.76. The van der Waals surface area contributed by atoms with Crippen LogP contribution in [0.1, 0.15) is 71.0 Å². The SMILES string of the molecule is CC(C)CC(N)c1cncn1CC1(C)CCCCC1. The quantitative estimate of drug-likeness (QED) is 0.875. The van der Waals surface area contributed by atoms with E-state index in [1.807, 2.05) is 12.5 Å². The maximum absolute atomic E-state index is 6.33. The Morgan fingerprint density at radius 1 is 1.32 bits per heavy atom. The van der Waals surface area contributed by atoms with Gasteiger partial charge in [-0.15, -0.1) is 0 Å². The van der Waals surface area contributed by atoms with Gasteiger partial charge >= 0.3 is 0 Å². The lowest BCUT2D eigenvalue weighted by atomic mass is 9.75. The average Bonchev–Trinajstić information content (AvgIpc) is 2.76. The van der Waals surface area contributed by atoms with Gasteiger partial charge in [0.05, 0.1) is 12.0 Å². The minimum absolute atomic E-state index is 0.120. The molecule has 108 valence electrons. The van der Waals surface area contributed by atoms with Crippen molar-refractivity contribution in [2.24, 2.45) is 17.1 Å². The van der Waals surface area contributed by atoms with E-state index in [2.05, 4.69) is 30.3 Å². The molecule has 0 spiro atoms. The molecule has 3 heteroatoms. The number of imidazole rings is 1. The van der Waals surface area contributed by atoms with Gasteiger partial charge < -0.3 is 10.3 Å². The molecule has 1 fully saturated rings. The fourth-order valence-electron chi connectivity index (χ4n) is 3.38. The van der Waals surface area contributed by atoms with Crippen molar-refractivity contribution in [3.8, 4) is 0 Å². The first-order chi connectivity index (χ1) is 9.00. The summed E-state index contributed by atoms with van der Waals surface area (Å²) >= 11 is 0. The first kappa shape index (κ1) is 14.6. The normalized spacial score (nSPS) is 20.7. The Labute approximate surface area is 117 Å². The Hall–Kier alpha value is -0.830. The van der Waals surface area contributed by atoms with Crippen molar-refractivity contribution in [3.05, 3.63) is 18.2 Å². The van der Waals surface area contributed by atoms with Crippen molar-refractivity contribution < 1.29 is 0 Å². The molecule has 2 N–H and O–H groups in total. The molecule has 1 heterocycles. The summed E-state index contributed by atoms with van der Waals surface area (Å²) in [6.45, 7) is 7.95. The van der Waals surface area contributed by atoms with E-state index >= 15 is 0 Å². The minimum atomic E-state index is 0.120. The van der Waals surface area contributed by atoms with E-state index in [1.54, 1.807) is 0 Å². The smallest absolute Gasteiger partial charge is 0.0948 e. The van der Waals surface area contributed by atoms with Crippen LogP contribution in [-0.2, 0) is 6.54 Å². The Bertz CT molecular complexity index is 388. The molecule has 0 bridgehead atoms. The van der Waals surface area contributed by atoms with Gasteiger partial charge in [-0.1, -0.05) is 40.0 Å². The monoisotopic (exact) mass is 263 g/mol. The highest BCUT2D eigenvalue weighted by Gasteiger charge is 2.28. The van der Waals surface area contributed by atoms with Crippen molar-refractivity contribution >= 4 is 0 Å². The summed E-state index contributed by atoms with van der Waals surface area (Å²) in [6, 6.07) is 0.120. The van der Waals surface area contributed by atoms with Gasteiger partial charge in [0.2, 0.25) is 0 Å². The van der Waals surface area contributed by atoms with Crippen LogP contribution in [0.3, 0.4) is 0 Å². The van der Waals surface area contributed by atoms with Crippen molar-refractivity contribution in [3.63, 3.8) is 0 Å². The van der Waals surface area contributed by atoms with E-state index in [4.69, 9.17) is 5.73 Å². The van der Waals surface area contributed by atoms with Gasteiger partial charge in [-0.25, -0.2) is 4.98 Å². The first-order valence-corrected chi connectivity index (χ1v) is 7.76. The molecule has 3 nitrogen and oxygen atoms in total. The summed E-state index contributed by atoms with van der Waals surface area (Å²) in [7, 11) is 0. The zero-order valence-electron chi connectivity index (χ0n) is 12.7. The Morgan fingerprint density at radius 2 is 2.00 bits per heavy atom. The molecule has 0 saturated heterocycles. The van der Waals surface area contributed by atoms with Crippen LogP contribution in [0.5, 0.6) is 0 Å². The van der Waals surface area contributed by atoms with Crippen molar-refractivity contribution in [2.45, 2.75) is 71.9 Å². The van der Waals surface area contributed by atoms with Crippen LogP contribution in [0.15, 0.2) is 12.5 Å². The molecule has 1 aliphatic rings. The minimum Gasteiger partial charge on any atom is -0.333 e. The maximum atomic E-state index is 6.33. The molecule has 2 rings (SSSR count). The van der Waals surface area contributed by atoms with Gasteiger partial charge in [-0.05, 0) is 30.6 Å². The van der Waals surface area contributed by atoms with Gasteiger partial charge in [0.1, 0.15) is 0 Å². The van der Waals surface area contributed by atoms with Crippen LogP contribution in [0.25, 0.3) is 0 Å². The molecule has 0 aliphatic heterocycles. The Kier molecular flexibility index (Phi) is 4.67. The third-order valence-electron chi connectivity index (χ3n) is 4.46. The molecule has 1 atom stereocenters. The predicted octanol–water partition coefficient (Wildman–Crippen LogP) is 3.90. The second-order valence-electron chi connectivity index (χ2n) is 7.05. The number of rotatable bonds is 5. The van der Waals surface area contributed by atoms with Crippen molar-refractivity contribution in [2.75, 3.05) is 0 Å². The summed E-state index contributed by atoms with van der Waals surface area (Å²) in [5.74, 6) is 0.628. The number of aromatic nitrogens is 2. The number of nitrogens with zero attached hydrogens (tertiary/aromatic N) is 2. The molecular formula is C16H29N3. The lowest BCUT2D eigenvalue weighted by molar-refractivity contribution is 0.180. The Balaban J connectivity index is 2.06. The van der Waals surface area contributed by atoms with E-state index in [9.17, 15) is 0 Å². The summed E-state index contributed by atoms with van der Waals surface area (Å²) in [4.78, 5) is 4.33. The molecule has 0 aromatic carbocycles. The molecule has 0 amide bonds. The average molecular weight is 263 g/mol. The lowest BCUT2D eigenvalue weighted by Gasteiger charge is -2.34. The number of hydrogen-bond acceptors (Lipinski definition) is 2. The highest BCUT2D eigenvalue weighted by Crippen LogP contribution is 2.37. The van der Waals surface area contributed by atoms with E-state index in [1.165, 1.54) is 37.8 Å². The van der Waals surface area contributed by atoms with Gasteiger partial charge in [-0.3, -0.25) is 0 Å². The highest BCUT2D eigenvalue weighted by atomic mass is 15.1. The third kappa shape index (κ3) is 3.82. The van der Waals surface area contributed by atoms with Crippen LogP contribution in [-0.4, -0.2) is 9.55 Å². The van der Waals surface area contributed by atoms with Gasteiger partial charge in [0.15, 0.2) is 0 Å². The summed E-state index contributed by atoms with van der Waals surface area (Å²) in [5.41, 5.74) is 7.97. The largest absolute Gasteiger partial charge is 0.333 e. The van der Waals surface area contributed by atoms with Crippen molar-refractivity contribution in [1.82, 2.24) is 9.55 Å².